The lowest BCUT2D eigenvalue weighted by Gasteiger charge is -2.16. The van der Waals surface area contributed by atoms with Gasteiger partial charge in [0.05, 0.1) is 11.7 Å². The third-order valence-electron chi connectivity index (χ3n) is 2.91. The van der Waals surface area contributed by atoms with E-state index >= 15 is 0 Å². The zero-order valence-electron chi connectivity index (χ0n) is 11.1. The summed E-state index contributed by atoms with van der Waals surface area (Å²) in [6.45, 7) is 7.34. The zero-order chi connectivity index (χ0) is 13.0. The maximum Gasteiger partial charge on any atom is 0.0928 e. The molecule has 1 aromatic carbocycles. The van der Waals surface area contributed by atoms with E-state index in [0.29, 0.717) is 0 Å². The van der Waals surface area contributed by atoms with Crippen molar-refractivity contribution in [2.45, 2.75) is 33.2 Å². The van der Waals surface area contributed by atoms with E-state index in [1.807, 2.05) is 5.38 Å². The van der Waals surface area contributed by atoms with Crippen LogP contribution in [0.25, 0.3) is 0 Å². The van der Waals surface area contributed by atoms with Gasteiger partial charge in [-0.2, -0.15) is 0 Å². The van der Waals surface area contributed by atoms with Crippen LogP contribution >= 0.6 is 11.5 Å². The Balaban J connectivity index is 2.18. The van der Waals surface area contributed by atoms with Gasteiger partial charge in [0.2, 0.25) is 0 Å². The summed E-state index contributed by atoms with van der Waals surface area (Å²) < 4.78 is 3.95. The van der Waals surface area contributed by atoms with Crippen LogP contribution in [0.3, 0.4) is 0 Å². The molecule has 1 atom stereocenters. The first kappa shape index (κ1) is 13.2. The first-order chi connectivity index (χ1) is 8.69. The van der Waals surface area contributed by atoms with Crippen molar-refractivity contribution in [3.8, 4) is 0 Å². The van der Waals surface area contributed by atoms with E-state index in [2.05, 4.69) is 53.9 Å². The molecule has 0 aliphatic rings. The molecule has 1 heterocycles. The highest BCUT2D eigenvalue weighted by molar-refractivity contribution is 7.03. The first-order valence-electron chi connectivity index (χ1n) is 6.26. The van der Waals surface area contributed by atoms with Gasteiger partial charge in [-0.15, -0.1) is 5.10 Å². The van der Waals surface area contributed by atoms with Crippen LogP contribution in [0.1, 0.15) is 35.3 Å². The molecule has 0 aliphatic heterocycles. The van der Waals surface area contributed by atoms with Crippen LogP contribution in [0.15, 0.2) is 23.6 Å². The fraction of sp³-hybridized carbons (Fsp3) is 0.429. The molecule has 0 spiro atoms. The zero-order valence-corrected chi connectivity index (χ0v) is 11.9. The number of nitrogens with zero attached hydrogens (tertiary/aromatic N) is 2. The molecule has 0 fully saturated rings. The molecule has 0 radical (unpaired) electrons. The van der Waals surface area contributed by atoms with Crippen molar-refractivity contribution in [3.63, 3.8) is 0 Å². The summed E-state index contributed by atoms with van der Waals surface area (Å²) in [6.07, 6.45) is 0.960. The standard InChI is InChI=1S/C14H19N3S/c1-4-15-13(14-9-18-17-16-14)8-12-6-10(2)5-11(3)7-12/h5-7,9,13,15H,4,8H2,1-3H3. The van der Waals surface area contributed by atoms with E-state index < -0.39 is 0 Å². The number of benzene rings is 1. The van der Waals surface area contributed by atoms with Crippen molar-refractivity contribution in [2.75, 3.05) is 6.54 Å². The largest absolute Gasteiger partial charge is 0.309 e. The summed E-state index contributed by atoms with van der Waals surface area (Å²) in [5, 5.41) is 9.68. The number of rotatable bonds is 5. The Kier molecular flexibility index (Phi) is 4.44. The highest BCUT2D eigenvalue weighted by atomic mass is 32.1. The summed E-state index contributed by atoms with van der Waals surface area (Å²) >= 11 is 1.41. The van der Waals surface area contributed by atoms with Crippen LogP contribution in [0.2, 0.25) is 0 Å². The van der Waals surface area contributed by atoms with E-state index in [-0.39, 0.29) is 6.04 Å². The van der Waals surface area contributed by atoms with E-state index in [1.54, 1.807) is 0 Å². The number of likely N-dealkylation sites (N-methyl/N-ethyl adjacent to an activating group) is 1. The molecule has 0 saturated carbocycles. The van der Waals surface area contributed by atoms with Gasteiger partial charge in [-0.05, 0) is 43.9 Å². The maximum absolute atomic E-state index is 4.18. The Bertz CT molecular complexity index is 473. The SMILES string of the molecule is CCNC(Cc1cc(C)cc(C)c1)c1csnn1. The molecular formula is C14H19N3S. The number of aromatic nitrogens is 2. The second-order valence-electron chi connectivity index (χ2n) is 4.64. The van der Waals surface area contributed by atoms with E-state index in [9.17, 15) is 0 Å². The van der Waals surface area contributed by atoms with Gasteiger partial charge in [-0.1, -0.05) is 40.7 Å². The Morgan fingerprint density at radius 1 is 1.22 bits per heavy atom. The predicted octanol–water partition coefficient (Wildman–Crippen LogP) is 3.05. The first-order valence-corrected chi connectivity index (χ1v) is 7.10. The lowest BCUT2D eigenvalue weighted by Crippen LogP contribution is -2.23. The molecule has 3 nitrogen and oxygen atoms in total. The molecule has 1 N–H and O–H groups in total. The van der Waals surface area contributed by atoms with Gasteiger partial charge in [0.15, 0.2) is 0 Å². The van der Waals surface area contributed by atoms with E-state index in [1.165, 1.54) is 28.2 Å². The molecule has 2 aromatic rings. The van der Waals surface area contributed by atoms with Gasteiger partial charge in [-0.3, -0.25) is 0 Å². The van der Waals surface area contributed by atoms with Crippen LogP contribution < -0.4 is 5.32 Å². The Morgan fingerprint density at radius 2 is 1.94 bits per heavy atom. The average Bonchev–Trinajstić information content (AvgIpc) is 2.80. The van der Waals surface area contributed by atoms with Crippen molar-refractivity contribution >= 4 is 11.5 Å². The summed E-state index contributed by atoms with van der Waals surface area (Å²) in [7, 11) is 0. The highest BCUT2D eigenvalue weighted by Gasteiger charge is 2.14. The van der Waals surface area contributed by atoms with Crippen LogP contribution in [0.5, 0.6) is 0 Å². The fourth-order valence-corrected chi connectivity index (χ4v) is 2.78. The van der Waals surface area contributed by atoms with Crippen molar-refractivity contribution in [2.24, 2.45) is 0 Å². The van der Waals surface area contributed by atoms with Crippen molar-refractivity contribution in [1.82, 2.24) is 14.9 Å². The van der Waals surface area contributed by atoms with E-state index in [0.717, 1.165) is 18.7 Å². The molecule has 4 heteroatoms. The Hall–Kier alpha value is -1.26. The monoisotopic (exact) mass is 261 g/mol. The van der Waals surface area contributed by atoms with Gasteiger partial charge in [0.1, 0.15) is 0 Å². The van der Waals surface area contributed by atoms with Gasteiger partial charge >= 0.3 is 0 Å². The van der Waals surface area contributed by atoms with Gasteiger partial charge < -0.3 is 5.32 Å². The third kappa shape index (κ3) is 3.37. The smallest absolute Gasteiger partial charge is 0.0928 e. The molecule has 96 valence electrons. The third-order valence-corrected chi connectivity index (χ3v) is 3.43. The number of nitrogens with one attached hydrogen (secondary N) is 1. The van der Waals surface area contributed by atoms with Gasteiger partial charge in [-0.25, -0.2) is 0 Å². The average molecular weight is 261 g/mol. The summed E-state index contributed by atoms with van der Waals surface area (Å²) in [6, 6.07) is 6.96. The number of hydrogen-bond donors (Lipinski definition) is 1. The Labute approximate surface area is 112 Å². The van der Waals surface area contributed by atoms with Crippen molar-refractivity contribution in [1.29, 1.82) is 0 Å². The minimum absolute atomic E-state index is 0.259. The molecule has 2 rings (SSSR count). The lowest BCUT2D eigenvalue weighted by molar-refractivity contribution is 0.535. The molecule has 1 unspecified atom stereocenters. The maximum atomic E-state index is 4.18. The van der Waals surface area contributed by atoms with Gasteiger partial charge in [0.25, 0.3) is 0 Å². The minimum atomic E-state index is 0.259. The van der Waals surface area contributed by atoms with E-state index in [4.69, 9.17) is 0 Å². The minimum Gasteiger partial charge on any atom is -0.309 e. The van der Waals surface area contributed by atoms with Crippen molar-refractivity contribution < 1.29 is 0 Å². The predicted molar refractivity (Wildman–Crippen MR) is 75.9 cm³/mol. The van der Waals surface area contributed by atoms with Crippen LogP contribution in [-0.4, -0.2) is 16.1 Å². The lowest BCUT2D eigenvalue weighted by atomic mass is 10.00. The molecule has 0 amide bonds. The van der Waals surface area contributed by atoms with Crippen molar-refractivity contribution in [3.05, 3.63) is 46.0 Å². The number of aryl methyl sites for hydroxylation is 2. The summed E-state index contributed by atoms with van der Waals surface area (Å²) in [4.78, 5) is 0. The van der Waals surface area contributed by atoms with Crippen LogP contribution in [0, 0.1) is 13.8 Å². The molecule has 18 heavy (non-hydrogen) atoms. The highest BCUT2D eigenvalue weighted by Crippen LogP contribution is 2.19. The Morgan fingerprint density at radius 3 is 2.50 bits per heavy atom. The quantitative estimate of drug-likeness (QED) is 0.899. The summed E-state index contributed by atoms with van der Waals surface area (Å²) in [5.41, 5.74) is 5.03. The summed E-state index contributed by atoms with van der Waals surface area (Å²) in [5.74, 6) is 0. The second kappa shape index (κ2) is 6.07. The molecule has 0 saturated heterocycles. The molecule has 1 aromatic heterocycles. The molecule has 0 aliphatic carbocycles. The fourth-order valence-electron chi connectivity index (χ4n) is 2.27. The number of hydrogen-bond acceptors (Lipinski definition) is 4. The normalized spacial score (nSPS) is 12.6. The van der Waals surface area contributed by atoms with Gasteiger partial charge in [0, 0.05) is 5.38 Å². The molecular weight excluding hydrogens is 242 g/mol. The molecule has 0 bridgehead atoms. The van der Waals surface area contributed by atoms with Crippen LogP contribution in [-0.2, 0) is 6.42 Å². The topological polar surface area (TPSA) is 37.8 Å². The van der Waals surface area contributed by atoms with Crippen LogP contribution in [0.4, 0.5) is 0 Å². The second-order valence-corrected chi connectivity index (χ2v) is 5.25.